The minimum absolute atomic E-state index is 0.0633. The van der Waals surface area contributed by atoms with Gasteiger partial charge in [0.2, 0.25) is 0 Å². The van der Waals surface area contributed by atoms with Crippen LogP contribution in [0.25, 0.3) is 22.0 Å². The molecule has 2 amide bonds. The fourth-order valence-electron chi connectivity index (χ4n) is 4.96. The van der Waals surface area contributed by atoms with Gasteiger partial charge in [-0.05, 0) is 53.4 Å². The van der Waals surface area contributed by atoms with Gasteiger partial charge in [-0.15, -0.1) is 0 Å². The standard InChI is InChI=1S/C33H30N4O4/c1-36(30-16-8-9-19-34-30)32(40)27-13-4-2-11-25(27)26-12-3-5-14-28(26)33(41)37(21-18-31(38)39)20-17-23-22-35-29-15-7-6-10-24(23)29/h2-16,19,22,35H,17-18,20-21H2,1H3,(H,38,39). The second kappa shape index (κ2) is 12.3. The summed E-state index contributed by atoms with van der Waals surface area (Å²) in [7, 11) is 1.66. The molecule has 0 aliphatic rings. The lowest BCUT2D eigenvalue weighted by molar-refractivity contribution is -0.137. The zero-order chi connectivity index (χ0) is 28.8. The largest absolute Gasteiger partial charge is 0.481 e. The molecule has 5 aromatic rings. The first-order chi connectivity index (χ1) is 19.9. The van der Waals surface area contributed by atoms with E-state index in [9.17, 15) is 19.5 Å². The average Bonchev–Trinajstić information content (AvgIpc) is 3.43. The molecule has 41 heavy (non-hydrogen) atoms. The van der Waals surface area contributed by atoms with Crippen LogP contribution in [-0.4, -0.2) is 57.9 Å². The molecule has 0 aliphatic heterocycles. The molecule has 0 spiro atoms. The summed E-state index contributed by atoms with van der Waals surface area (Å²) in [6, 6.07) is 27.6. The monoisotopic (exact) mass is 546 g/mol. The molecule has 8 heteroatoms. The average molecular weight is 547 g/mol. The molecule has 0 saturated carbocycles. The van der Waals surface area contributed by atoms with Crippen molar-refractivity contribution in [3.63, 3.8) is 0 Å². The number of fused-ring (bicyclic) bond motifs is 1. The van der Waals surface area contributed by atoms with Crippen molar-refractivity contribution in [1.82, 2.24) is 14.9 Å². The molecule has 0 bridgehead atoms. The van der Waals surface area contributed by atoms with E-state index in [1.165, 1.54) is 4.90 Å². The van der Waals surface area contributed by atoms with E-state index >= 15 is 0 Å². The highest BCUT2D eigenvalue weighted by atomic mass is 16.4. The Morgan fingerprint density at radius 1 is 0.780 bits per heavy atom. The van der Waals surface area contributed by atoms with Crippen LogP contribution in [0.5, 0.6) is 0 Å². The summed E-state index contributed by atoms with van der Waals surface area (Å²) in [5.74, 6) is -1.02. The van der Waals surface area contributed by atoms with Gasteiger partial charge in [0.25, 0.3) is 11.8 Å². The van der Waals surface area contributed by atoms with E-state index in [1.54, 1.807) is 54.5 Å². The number of nitrogens with one attached hydrogen (secondary N) is 1. The molecule has 0 fully saturated rings. The highest BCUT2D eigenvalue weighted by molar-refractivity contribution is 6.11. The molecule has 3 aromatic carbocycles. The zero-order valence-corrected chi connectivity index (χ0v) is 22.7. The third kappa shape index (κ3) is 6.01. The summed E-state index contributed by atoms with van der Waals surface area (Å²) in [6.07, 6.45) is 3.94. The molecule has 0 saturated heterocycles. The number of carbonyl (C=O) groups is 3. The van der Waals surface area contributed by atoms with Gasteiger partial charge >= 0.3 is 5.97 Å². The number of carboxylic acid groups (broad SMARTS) is 1. The maximum atomic E-state index is 14.0. The highest BCUT2D eigenvalue weighted by Gasteiger charge is 2.24. The highest BCUT2D eigenvalue weighted by Crippen LogP contribution is 2.30. The van der Waals surface area contributed by atoms with Gasteiger partial charge in [-0.2, -0.15) is 0 Å². The van der Waals surface area contributed by atoms with E-state index in [0.717, 1.165) is 16.5 Å². The normalized spacial score (nSPS) is 10.9. The Morgan fingerprint density at radius 2 is 1.41 bits per heavy atom. The third-order valence-electron chi connectivity index (χ3n) is 7.11. The molecular weight excluding hydrogens is 516 g/mol. The van der Waals surface area contributed by atoms with Gasteiger partial charge in [-0.3, -0.25) is 19.3 Å². The summed E-state index contributed by atoms with van der Waals surface area (Å²) in [5.41, 5.74) is 4.10. The van der Waals surface area contributed by atoms with Crippen LogP contribution in [0.3, 0.4) is 0 Å². The molecule has 0 atom stereocenters. The SMILES string of the molecule is CN(C(=O)c1ccccc1-c1ccccc1C(=O)N(CCC(=O)O)CCc1c[nH]c2ccccc12)c1ccccn1. The maximum absolute atomic E-state index is 14.0. The van der Waals surface area contributed by atoms with Gasteiger partial charge in [0.05, 0.1) is 6.42 Å². The van der Waals surface area contributed by atoms with Crippen LogP contribution in [0.1, 0.15) is 32.7 Å². The number of carbonyl (C=O) groups excluding carboxylic acids is 2. The molecule has 2 aromatic heterocycles. The fourth-order valence-corrected chi connectivity index (χ4v) is 4.96. The van der Waals surface area contributed by atoms with Gasteiger partial charge in [0.1, 0.15) is 5.82 Å². The number of H-pyrrole nitrogens is 1. The number of benzene rings is 3. The molecular formula is C33H30N4O4. The number of rotatable bonds is 10. The Bertz CT molecular complexity index is 1700. The number of amides is 2. The zero-order valence-electron chi connectivity index (χ0n) is 22.7. The quantitative estimate of drug-likeness (QED) is 0.235. The Morgan fingerprint density at radius 3 is 2.10 bits per heavy atom. The van der Waals surface area contributed by atoms with E-state index in [1.807, 2.05) is 60.8 Å². The number of pyridine rings is 1. The maximum Gasteiger partial charge on any atom is 0.305 e. The van der Waals surface area contributed by atoms with Crippen LogP contribution in [0.15, 0.2) is 103 Å². The molecule has 8 nitrogen and oxygen atoms in total. The van der Waals surface area contributed by atoms with E-state index in [2.05, 4.69) is 9.97 Å². The second-order valence-corrected chi connectivity index (χ2v) is 9.69. The summed E-state index contributed by atoms with van der Waals surface area (Å²) >= 11 is 0. The Kier molecular flexibility index (Phi) is 8.20. The van der Waals surface area contributed by atoms with Gasteiger partial charge in [0.15, 0.2) is 0 Å². The van der Waals surface area contributed by atoms with Gasteiger partial charge in [0, 0.05) is 54.6 Å². The Balaban J connectivity index is 1.47. The van der Waals surface area contributed by atoms with Crippen molar-refractivity contribution < 1.29 is 19.5 Å². The topological polar surface area (TPSA) is 107 Å². The third-order valence-corrected chi connectivity index (χ3v) is 7.11. The number of hydrogen-bond donors (Lipinski definition) is 2. The first-order valence-corrected chi connectivity index (χ1v) is 13.4. The molecule has 0 aliphatic carbocycles. The summed E-state index contributed by atoms with van der Waals surface area (Å²) in [6.45, 7) is 0.402. The molecule has 0 radical (unpaired) electrons. The van der Waals surface area contributed by atoms with Crippen LogP contribution in [0.4, 0.5) is 5.82 Å². The Hall–Kier alpha value is -5.24. The van der Waals surface area contributed by atoms with Crippen molar-refractivity contribution in [3.8, 4) is 11.1 Å². The predicted octanol–water partition coefficient (Wildman–Crippen LogP) is 5.67. The van der Waals surface area contributed by atoms with Crippen molar-refractivity contribution >= 4 is 34.5 Å². The van der Waals surface area contributed by atoms with E-state index in [-0.39, 0.29) is 24.8 Å². The predicted molar refractivity (Wildman–Crippen MR) is 159 cm³/mol. The summed E-state index contributed by atoms with van der Waals surface area (Å²) < 4.78 is 0. The lowest BCUT2D eigenvalue weighted by Gasteiger charge is -2.24. The second-order valence-electron chi connectivity index (χ2n) is 9.69. The molecule has 206 valence electrons. The van der Waals surface area contributed by atoms with Gasteiger partial charge < -0.3 is 15.0 Å². The first-order valence-electron chi connectivity index (χ1n) is 13.4. The lowest BCUT2D eigenvalue weighted by atomic mass is 9.94. The van der Waals surface area contributed by atoms with Gasteiger partial charge in [-0.1, -0.05) is 60.7 Å². The van der Waals surface area contributed by atoms with Crippen molar-refractivity contribution in [2.24, 2.45) is 0 Å². The minimum atomic E-state index is -0.975. The number of carboxylic acids is 1. The summed E-state index contributed by atoms with van der Waals surface area (Å²) in [4.78, 5) is 49.7. The van der Waals surface area contributed by atoms with Crippen LogP contribution in [0.2, 0.25) is 0 Å². The number of nitrogens with zero attached hydrogens (tertiary/aromatic N) is 3. The molecule has 2 heterocycles. The van der Waals surface area contributed by atoms with Crippen LogP contribution in [0, 0.1) is 0 Å². The Labute approximate surface area is 237 Å². The van der Waals surface area contributed by atoms with Crippen LogP contribution >= 0.6 is 0 Å². The number of anilines is 1. The number of hydrogen-bond acceptors (Lipinski definition) is 4. The molecule has 0 unspecified atom stereocenters. The molecule has 5 rings (SSSR count). The lowest BCUT2D eigenvalue weighted by Crippen LogP contribution is -2.35. The van der Waals surface area contributed by atoms with E-state index in [0.29, 0.717) is 41.0 Å². The minimum Gasteiger partial charge on any atom is -0.481 e. The number of aliphatic carboxylic acids is 1. The van der Waals surface area contributed by atoms with Gasteiger partial charge in [-0.25, -0.2) is 4.98 Å². The van der Waals surface area contributed by atoms with E-state index < -0.39 is 5.97 Å². The summed E-state index contributed by atoms with van der Waals surface area (Å²) in [5, 5.41) is 10.5. The first kappa shape index (κ1) is 27.3. The number of aromatic amines is 1. The smallest absolute Gasteiger partial charge is 0.305 e. The fraction of sp³-hybridized carbons (Fsp3) is 0.152. The van der Waals surface area contributed by atoms with E-state index in [4.69, 9.17) is 0 Å². The van der Waals surface area contributed by atoms with Crippen molar-refractivity contribution in [1.29, 1.82) is 0 Å². The van der Waals surface area contributed by atoms with Crippen molar-refractivity contribution in [2.45, 2.75) is 12.8 Å². The van der Waals surface area contributed by atoms with Crippen LogP contribution < -0.4 is 4.90 Å². The molecule has 2 N–H and O–H groups in total. The van der Waals surface area contributed by atoms with Crippen molar-refractivity contribution in [2.75, 3.05) is 25.0 Å². The number of para-hydroxylation sites is 1. The van der Waals surface area contributed by atoms with Crippen molar-refractivity contribution in [3.05, 3.63) is 120 Å². The van der Waals surface area contributed by atoms with Crippen LogP contribution in [-0.2, 0) is 11.2 Å². The number of aromatic nitrogens is 2.